The van der Waals surface area contributed by atoms with Crippen molar-refractivity contribution in [3.63, 3.8) is 0 Å². The maximum atomic E-state index is 11.0. The minimum Gasteiger partial charge on any atom is -0.478 e. The standard InChI is InChI=1S/C10H11N7O4/c1-16-13-9(12-15-16)5-21-8-3-2-6(10(11)14-18)4-7(8)17(19)20/h2-4,18H,5H2,1H3,(H2,11,14). The number of nitro groups is 1. The van der Waals surface area contributed by atoms with E-state index >= 15 is 0 Å². The summed E-state index contributed by atoms with van der Waals surface area (Å²) in [5.74, 6) is 0.0643. The highest BCUT2D eigenvalue weighted by atomic mass is 16.6. The van der Waals surface area contributed by atoms with E-state index in [1.165, 1.54) is 16.9 Å². The molecule has 0 spiro atoms. The summed E-state index contributed by atoms with van der Waals surface area (Å²) >= 11 is 0. The maximum absolute atomic E-state index is 11.0. The Morgan fingerprint density at radius 3 is 2.95 bits per heavy atom. The van der Waals surface area contributed by atoms with E-state index in [0.717, 1.165) is 6.07 Å². The molecule has 110 valence electrons. The van der Waals surface area contributed by atoms with Crippen LogP contribution < -0.4 is 10.5 Å². The van der Waals surface area contributed by atoms with Crippen LogP contribution >= 0.6 is 0 Å². The van der Waals surface area contributed by atoms with Crippen LogP contribution in [0.3, 0.4) is 0 Å². The molecular formula is C10H11N7O4. The molecule has 0 aliphatic carbocycles. The molecule has 0 unspecified atom stereocenters. The van der Waals surface area contributed by atoms with Gasteiger partial charge in [0.15, 0.2) is 18.2 Å². The summed E-state index contributed by atoms with van der Waals surface area (Å²) in [5.41, 5.74) is 5.27. The van der Waals surface area contributed by atoms with Crippen LogP contribution in [-0.2, 0) is 13.7 Å². The number of benzene rings is 1. The van der Waals surface area contributed by atoms with E-state index in [1.807, 2.05) is 0 Å². The third kappa shape index (κ3) is 3.20. The van der Waals surface area contributed by atoms with Crippen molar-refractivity contribution >= 4 is 11.5 Å². The summed E-state index contributed by atoms with van der Waals surface area (Å²) in [6.07, 6.45) is 0. The number of aromatic nitrogens is 4. The zero-order valence-corrected chi connectivity index (χ0v) is 10.9. The topological polar surface area (TPSA) is 155 Å². The normalized spacial score (nSPS) is 11.4. The molecule has 2 rings (SSSR count). The summed E-state index contributed by atoms with van der Waals surface area (Å²) in [6.45, 7) is -0.0718. The summed E-state index contributed by atoms with van der Waals surface area (Å²) in [4.78, 5) is 11.6. The van der Waals surface area contributed by atoms with E-state index in [1.54, 1.807) is 7.05 Å². The highest BCUT2D eigenvalue weighted by molar-refractivity contribution is 5.97. The molecule has 0 radical (unpaired) electrons. The number of nitro benzene ring substituents is 1. The molecule has 11 nitrogen and oxygen atoms in total. The lowest BCUT2D eigenvalue weighted by atomic mass is 10.1. The molecule has 0 saturated heterocycles. The fourth-order valence-electron chi connectivity index (χ4n) is 1.52. The van der Waals surface area contributed by atoms with Crippen LogP contribution in [0.4, 0.5) is 5.69 Å². The first kappa shape index (κ1) is 14.2. The highest BCUT2D eigenvalue weighted by Crippen LogP contribution is 2.28. The molecule has 0 bridgehead atoms. The Morgan fingerprint density at radius 2 is 2.38 bits per heavy atom. The Labute approximate surface area is 117 Å². The number of nitrogens with two attached hydrogens (primary N) is 1. The molecule has 11 heteroatoms. The smallest absolute Gasteiger partial charge is 0.311 e. The van der Waals surface area contributed by atoms with Gasteiger partial charge in [0.2, 0.25) is 5.82 Å². The van der Waals surface area contributed by atoms with Gasteiger partial charge in [-0.25, -0.2) is 0 Å². The van der Waals surface area contributed by atoms with Gasteiger partial charge in [0.1, 0.15) is 0 Å². The third-order valence-electron chi connectivity index (χ3n) is 2.47. The minimum absolute atomic E-state index is 0.0157. The number of tetrazole rings is 1. The van der Waals surface area contributed by atoms with Crippen LogP contribution in [0.1, 0.15) is 11.4 Å². The number of aryl methyl sites for hydroxylation is 1. The monoisotopic (exact) mass is 293 g/mol. The molecule has 0 aliphatic rings. The van der Waals surface area contributed by atoms with Gasteiger partial charge in [-0.05, 0) is 17.3 Å². The van der Waals surface area contributed by atoms with Crippen molar-refractivity contribution in [1.29, 1.82) is 0 Å². The fraction of sp³-hybridized carbons (Fsp3) is 0.200. The van der Waals surface area contributed by atoms with Crippen LogP contribution in [0, 0.1) is 10.1 Å². The lowest BCUT2D eigenvalue weighted by molar-refractivity contribution is -0.386. The van der Waals surface area contributed by atoms with E-state index in [4.69, 9.17) is 15.7 Å². The molecule has 0 aliphatic heterocycles. The Morgan fingerprint density at radius 1 is 1.62 bits per heavy atom. The van der Waals surface area contributed by atoms with Crippen LogP contribution in [0.25, 0.3) is 0 Å². The molecule has 0 fully saturated rings. The Kier molecular flexibility index (Phi) is 3.92. The van der Waals surface area contributed by atoms with Crippen molar-refractivity contribution in [3.05, 3.63) is 39.7 Å². The molecule has 0 saturated carbocycles. The maximum Gasteiger partial charge on any atom is 0.311 e. The van der Waals surface area contributed by atoms with Crippen molar-refractivity contribution in [1.82, 2.24) is 20.2 Å². The number of hydrogen-bond acceptors (Lipinski definition) is 8. The zero-order valence-electron chi connectivity index (χ0n) is 10.9. The number of oxime groups is 1. The third-order valence-corrected chi connectivity index (χ3v) is 2.47. The number of hydrogen-bond donors (Lipinski definition) is 2. The SMILES string of the molecule is Cn1nnc(COc2ccc(/C(N)=N/O)cc2[N+](=O)[O-])n1. The molecule has 1 aromatic carbocycles. The molecule has 2 aromatic rings. The van der Waals surface area contributed by atoms with Crippen molar-refractivity contribution in [2.24, 2.45) is 17.9 Å². The van der Waals surface area contributed by atoms with Gasteiger partial charge < -0.3 is 15.7 Å². The molecule has 3 N–H and O–H groups in total. The first-order chi connectivity index (χ1) is 10.0. The van der Waals surface area contributed by atoms with Crippen molar-refractivity contribution in [2.75, 3.05) is 0 Å². The second kappa shape index (κ2) is 5.81. The number of nitrogens with zero attached hydrogens (tertiary/aromatic N) is 6. The average molecular weight is 293 g/mol. The summed E-state index contributed by atoms with van der Waals surface area (Å²) in [7, 11) is 1.59. The van der Waals surface area contributed by atoms with E-state index in [2.05, 4.69) is 20.6 Å². The molecule has 1 heterocycles. The molecule has 1 aromatic heterocycles. The van der Waals surface area contributed by atoms with Crippen LogP contribution in [0.15, 0.2) is 23.4 Å². The van der Waals surface area contributed by atoms with Crippen molar-refractivity contribution < 1.29 is 14.9 Å². The van der Waals surface area contributed by atoms with Crippen molar-refractivity contribution in [3.8, 4) is 5.75 Å². The molecule has 0 atom stereocenters. The molecule has 0 amide bonds. The average Bonchev–Trinajstić information content (AvgIpc) is 2.89. The van der Waals surface area contributed by atoms with E-state index in [-0.39, 0.29) is 35.3 Å². The molecular weight excluding hydrogens is 282 g/mol. The van der Waals surface area contributed by atoms with Gasteiger partial charge in [-0.3, -0.25) is 10.1 Å². The van der Waals surface area contributed by atoms with Crippen LogP contribution in [0.2, 0.25) is 0 Å². The minimum atomic E-state index is -0.631. The van der Waals surface area contributed by atoms with Gasteiger partial charge in [0.25, 0.3) is 0 Å². The number of amidine groups is 1. The predicted molar refractivity (Wildman–Crippen MR) is 68.7 cm³/mol. The first-order valence-corrected chi connectivity index (χ1v) is 5.63. The largest absolute Gasteiger partial charge is 0.478 e. The molecule has 21 heavy (non-hydrogen) atoms. The number of ether oxygens (including phenoxy) is 1. The van der Waals surface area contributed by atoms with Gasteiger partial charge >= 0.3 is 5.69 Å². The lowest BCUT2D eigenvalue weighted by Gasteiger charge is -2.06. The second-order valence-electron chi connectivity index (χ2n) is 3.91. The summed E-state index contributed by atoms with van der Waals surface area (Å²) in [5, 5.41) is 33.6. The van der Waals surface area contributed by atoms with Gasteiger partial charge in [0.05, 0.1) is 12.0 Å². The highest BCUT2D eigenvalue weighted by Gasteiger charge is 2.18. The van der Waals surface area contributed by atoms with Gasteiger partial charge in [-0.2, -0.15) is 4.80 Å². The second-order valence-corrected chi connectivity index (χ2v) is 3.91. The van der Waals surface area contributed by atoms with Crippen LogP contribution in [-0.4, -0.2) is 36.2 Å². The summed E-state index contributed by atoms with van der Waals surface area (Å²) in [6, 6.07) is 3.93. The van der Waals surface area contributed by atoms with E-state index in [0.29, 0.717) is 0 Å². The first-order valence-electron chi connectivity index (χ1n) is 5.63. The summed E-state index contributed by atoms with van der Waals surface area (Å²) < 4.78 is 5.30. The van der Waals surface area contributed by atoms with Gasteiger partial charge in [-0.15, -0.1) is 10.2 Å². The lowest BCUT2D eigenvalue weighted by Crippen LogP contribution is -2.13. The quantitative estimate of drug-likeness (QED) is 0.252. The Balaban J connectivity index is 2.24. The Bertz CT molecular complexity index is 696. The zero-order chi connectivity index (χ0) is 15.4. The predicted octanol–water partition coefficient (Wildman–Crippen LogP) is -0.208. The van der Waals surface area contributed by atoms with E-state index in [9.17, 15) is 10.1 Å². The number of rotatable bonds is 5. The van der Waals surface area contributed by atoms with Gasteiger partial charge in [-0.1, -0.05) is 5.16 Å². The van der Waals surface area contributed by atoms with Crippen molar-refractivity contribution in [2.45, 2.75) is 6.61 Å². The van der Waals surface area contributed by atoms with Gasteiger partial charge in [0, 0.05) is 11.6 Å². The van der Waals surface area contributed by atoms with E-state index < -0.39 is 4.92 Å². The fourth-order valence-corrected chi connectivity index (χ4v) is 1.52. The van der Waals surface area contributed by atoms with Crippen LogP contribution in [0.5, 0.6) is 5.75 Å². The Hall–Kier alpha value is -3.24.